The Morgan fingerprint density at radius 1 is 1.50 bits per heavy atom. The van der Waals surface area contributed by atoms with Gasteiger partial charge in [-0.15, -0.1) is 0 Å². The van der Waals surface area contributed by atoms with Gasteiger partial charge in [0.05, 0.1) is 0 Å². The van der Waals surface area contributed by atoms with Crippen molar-refractivity contribution in [3.63, 3.8) is 0 Å². The predicted octanol–water partition coefficient (Wildman–Crippen LogP) is -0.238. The van der Waals surface area contributed by atoms with Gasteiger partial charge in [-0.1, -0.05) is 6.92 Å². The fraction of sp³-hybridized carbons (Fsp3) is 0.875. The van der Waals surface area contributed by atoms with Crippen LogP contribution in [0.5, 0.6) is 0 Å². The molecule has 1 aliphatic rings. The van der Waals surface area contributed by atoms with Gasteiger partial charge in [-0.05, 0) is 20.0 Å². The van der Waals surface area contributed by atoms with Crippen LogP contribution in [0.2, 0.25) is 0 Å². The zero-order valence-electron chi connectivity index (χ0n) is 8.04. The summed E-state index contributed by atoms with van der Waals surface area (Å²) in [6, 6.07) is 0.536. The molecule has 4 nitrogen and oxygen atoms in total. The molecule has 0 spiro atoms. The number of likely N-dealkylation sites (tertiary alicyclic amines) is 1. The van der Waals surface area contributed by atoms with E-state index in [2.05, 4.69) is 25.9 Å². The Bertz CT molecular complexity index is 178. The molecule has 0 radical (unpaired) electrons. The third-order valence-electron chi connectivity index (χ3n) is 2.58. The number of nitrogens with one attached hydrogen (secondary N) is 1. The molecule has 1 fully saturated rings. The van der Waals surface area contributed by atoms with Gasteiger partial charge in [0, 0.05) is 19.1 Å². The van der Waals surface area contributed by atoms with Crippen molar-refractivity contribution in [2.24, 2.45) is 11.7 Å². The number of rotatable bonds is 1. The second-order valence-corrected chi connectivity index (χ2v) is 3.80. The van der Waals surface area contributed by atoms with Gasteiger partial charge in [0.25, 0.3) is 0 Å². The minimum absolute atomic E-state index is 0.200. The van der Waals surface area contributed by atoms with Crippen LogP contribution in [-0.2, 0) is 0 Å². The van der Waals surface area contributed by atoms with Crippen LogP contribution < -0.4 is 5.73 Å². The molecule has 4 heteroatoms. The van der Waals surface area contributed by atoms with Gasteiger partial charge in [-0.25, -0.2) is 0 Å². The Morgan fingerprint density at radius 2 is 2.08 bits per heavy atom. The molecule has 1 saturated heterocycles. The third kappa shape index (κ3) is 1.69. The van der Waals surface area contributed by atoms with Crippen molar-refractivity contribution >= 4 is 5.96 Å². The average molecular weight is 170 g/mol. The quantitative estimate of drug-likeness (QED) is 0.422. The fourth-order valence-electron chi connectivity index (χ4n) is 1.82. The Kier molecular flexibility index (Phi) is 2.57. The molecule has 1 heterocycles. The lowest BCUT2D eigenvalue weighted by Gasteiger charge is -2.22. The molecule has 2 atom stereocenters. The van der Waals surface area contributed by atoms with Gasteiger partial charge in [-0.3, -0.25) is 5.41 Å². The first-order valence-corrected chi connectivity index (χ1v) is 4.27. The highest BCUT2D eigenvalue weighted by molar-refractivity contribution is 5.75. The van der Waals surface area contributed by atoms with Crippen LogP contribution in [-0.4, -0.2) is 49.0 Å². The minimum atomic E-state index is 0.200. The summed E-state index contributed by atoms with van der Waals surface area (Å²) < 4.78 is 0. The summed E-state index contributed by atoms with van der Waals surface area (Å²) in [5.41, 5.74) is 5.41. The minimum Gasteiger partial charge on any atom is -0.370 e. The van der Waals surface area contributed by atoms with Gasteiger partial charge in [-0.2, -0.15) is 0 Å². The van der Waals surface area contributed by atoms with Gasteiger partial charge >= 0.3 is 0 Å². The second-order valence-electron chi connectivity index (χ2n) is 3.80. The summed E-state index contributed by atoms with van der Waals surface area (Å²) in [5, 5.41) is 7.30. The molecule has 70 valence electrons. The van der Waals surface area contributed by atoms with Crippen molar-refractivity contribution in [2.45, 2.75) is 13.0 Å². The second kappa shape index (κ2) is 3.31. The largest absolute Gasteiger partial charge is 0.370 e. The Morgan fingerprint density at radius 3 is 2.33 bits per heavy atom. The van der Waals surface area contributed by atoms with Crippen LogP contribution in [0.1, 0.15) is 6.92 Å². The molecule has 3 N–H and O–H groups in total. The van der Waals surface area contributed by atoms with E-state index in [1.54, 1.807) is 0 Å². The molecule has 12 heavy (non-hydrogen) atoms. The van der Waals surface area contributed by atoms with Crippen molar-refractivity contribution in [1.29, 1.82) is 5.41 Å². The molecule has 0 aliphatic carbocycles. The van der Waals surface area contributed by atoms with Crippen LogP contribution in [0.25, 0.3) is 0 Å². The molecule has 1 aliphatic heterocycles. The molecule has 2 unspecified atom stereocenters. The normalized spacial score (nSPS) is 29.8. The van der Waals surface area contributed by atoms with Crippen molar-refractivity contribution in [3.8, 4) is 0 Å². The maximum absolute atomic E-state index is 7.30. The summed E-state index contributed by atoms with van der Waals surface area (Å²) in [7, 11) is 4.15. The molecule has 0 aromatic rings. The SMILES string of the molecule is CC1CN(C(=N)N)CC1N(C)C. The van der Waals surface area contributed by atoms with Crippen LogP contribution in [0.15, 0.2) is 0 Å². The maximum atomic E-state index is 7.30. The predicted molar refractivity (Wildman–Crippen MR) is 50.1 cm³/mol. The van der Waals surface area contributed by atoms with E-state index >= 15 is 0 Å². The van der Waals surface area contributed by atoms with E-state index in [9.17, 15) is 0 Å². The van der Waals surface area contributed by atoms with E-state index in [-0.39, 0.29) is 5.96 Å². The molecule has 0 amide bonds. The molecule has 1 rings (SSSR count). The molecule has 0 saturated carbocycles. The summed E-state index contributed by atoms with van der Waals surface area (Å²) in [5.74, 6) is 0.801. The summed E-state index contributed by atoms with van der Waals surface area (Å²) in [6.45, 7) is 4.01. The number of nitrogens with two attached hydrogens (primary N) is 1. The lowest BCUT2D eigenvalue weighted by molar-refractivity contribution is 0.262. The third-order valence-corrected chi connectivity index (χ3v) is 2.58. The van der Waals surface area contributed by atoms with E-state index in [0.29, 0.717) is 12.0 Å². The highest BCUT2D eigenvalue weighted by Crippen LogP contribution is 2.18. The molecular weight excluding hydrogens is 152 g/mol. The number of nitrogens with zero attached hydrogens (tertiary/aromatic N) is 2. The maximum Gasteiger partial charge on any atom is 0.188 e. The first-order chi connectivity index (χ1) is 5.52. The highest BCUT2D eigenvalue weighted by Gasteiger charge is 2.31. The van der Waals surface area contributed by atoms with E-state index in [4.69, 9.17) is 11.1 Å². The molecule has 0 bridgehead atoms. The van der Waals surface area contributed by atoms with E-state index in [1.165, 1.54) is 0 Å². The van der Waals surface area contributed by atoms with Crippen LogP contribution in [0, 0.1) is 11.3 Å². The number of hydrogen-bond acceptors (Lipinski definition) is 2. The summed E-state index contributed by atoms with van der Waals surface area (Å²) in [4.78, 5) is 4.13. The van der Waals surface area contributed by atoms with Crippen molar-refractivity contribution in [3.05, 3.63) is 0 Å². The number of guanidine groups is 1. The first-order valence-electron chi connectivity index (χ1n) is 4.27. The smallest absolute Gasteiger partial charge is 0.188 e. The van der Waals surface area contributed by atoms with Crippen LogP contribution in [0.4, 0.5) is 0 Å². The van der Waals surface area contributed by atoms with Gasteiger partial charge in [0.15, 0.2) is 5.96 Å². The van der Waals surface area contributed by atoms with E-state index < -0.39 is 0 Å². The standard InChI is InChI=1S/C8H18N4/c1-6-4-12(8(9)10)5-7(6)11(2)3/h6-7H,4-5H2,1-3H3,(H3,9,10). The number of hydrogen-bond donors (Lipinski definition) is 2. The van der Waals surface area contributed by atoms with E-state index in [0.717, 1.165) is 13.1 Å². The zero-order chi connectivity index (χ0) is 9.30. The van der Waals surface area contributed by atoms with E-state index in [1.807, 2.05) is 4.90 Å². The first kappa shape index (κ1) is 9.32. The lowest BCUT2D eigenvalue weighted by Crippen LogP contribution is -2.38. The Hall–Kier alpha value is -0.770. The molecule has 0 aromatic heterocycles. The molecular formula is C8H18N4. The van der Waals surface area contributed by atoms with Crippen molar-refractivity contribution < 1.29 is 0 Å². The summed E-state index contributed by atoms with van der Waals surface area (Å²) >= 11 is 0. The fourth-order valence-corrected chi connectivity index (χ4v) is 1.82. The molecule has 0 aromatic carbocycles. The zero-order valence-corrected chi connectivity index (χ0v) is 8.04. The monoisotopic (exact) mass is 170 g/mol. The van der Waals surface area contributed by atoms with Gasteiger partial charge in [0.2, 0.25) is 0 Å². The Balaban J connectivity index is 2.56. The Labute approximate surface area is 73.8 Å². The topological polar surface area (TPSA) is 56.4 Å². The highest BCUT2D eigenvalue weighted by atomic mass is 15.3. The van der Waals surface area contributed by atoms with Crippen molar-refractivity contribution in [1.82, 2.24) is 9.80 Å². The average Bonchev–Trinajstić information content (AvgIpc) is 2.30. The lowest BCUT2D eigenvalue weighted by atomic mass is 10.1. The van der Waals surface area contributed by atoms with Gasteiger partial charge < -0.3 is 15.5 Å². The summed E-state index contributed by atoms with van der Waals surface area (Å²) in [6.07, 6.45) is 0. The van der Waals surface area contributed by atoms with Crippen LogP contribution in [0.3, 0.4) is 0 Å². The van der Waals surface area contributed by atoms with Gasteiger partial charge in [0.1, 0.15) is 0 Å². The number of likely N-dealkylation sites (N-methyl/N-ethyl adjacent to an activating group) is 1. The van der Waals surface area contributed by atoms with Crippen LogP contribution >= 0.6 is 0 Å². The van der Waals surface area contributed by atoms with Crippen molar-refractivity contribution in [2.75, 3.05) is 27.2 Å².